The summed E-state index contributed by atoms with van der Waals surface area (Å²) in [6.07, 6.45) is 2.01. The number of allylic oxidation sites excluding steroid dienone is 1. The van der Waals surface area contributed by atoms with Crippen LogP contribution >= 0.6 is 35.6 Å². The van der Waals surface area contributed by atoms with Crippen LogP contribution in [0.1, 0.15) is 17.2 Å². The number of benzene rings is 3. The average molecular weight is 535 g/mol. The van der Waals surface area contributed by atoms with Gasteiger partial charge in [0.1, 0.15) is 6.04 Å². The van der Waals surface area contributed by atoms with Crippen molar-refractivity contribution in [2.75, 3.05) is 10.0 Å². The van der Waals surface area contributed by atoms with Crippen LogP contribution in [0.15, 0.2) is 89.8 Å². The van der Waals surface area contributed by atoms with Gasteiger partial charge in [0.15, 0.2) is 0 Å². The van der Waals surface area contributed by atoms with Gasteiger partial charge in [0.25, 0.3) is 16.0 Å². The standard InChI is InChI=1S/C23H17Cl2N5O2S.ClH/c24-17-8-6-16(7-9-17)21-14-20(15-4-2-1-3-5-15)26-23-27-22(28-30(21)23)29-33(31,32)19-12-10-18(25)11-13-19;/h1-14,21H,(H2,26,27,28,29);1H. The molecular formula is C23H18Cl3N5O2S. The Bertz CT molecular complexity index is 1440. The van der Waals surface area contributed by atoms with E-state index in [0.717, 1.165) is 16.8 Å². The molecule has 0 saturated carbocycles. The second-order valence-electron chi connectivity index (χ2n) is 7.33. The van der Waals surface area contributed by atoms with Crippen LogP contribution in [0.5, 0.6) is 0 Å². The van der Waals surface area contributed by atoms with Crippen molar-refractivity contribution in [1.82, 2.24) is 14.8 Å². The molecule has 7 nitrogen and oxygen atoms in total. The van der Waals surface area contributed by atoms with Gasteiger partial charge in [-0.15, -0.1) is 17.5 Å². The molecule has 5 rings (SSSR count). The fraction of sp³-hybridized carbons (Fsp3) is 0.0435. The van der Waals surface area contributed by atoms with Crippen molar-refractivity contribution in [3.63, 3.8) is 0 Å². The Hall–Kier alpha value is -3.04. The molecule has 3 aromatic carbocycles. The van der Waals surface area contributed by atoms with E-state index in [1.165, 1.54) is 24.3 Å². The highest BCUT2D eigenvalue weighted by Crippen LogP contribution is 2.34. The van der Waals surface area contributed by atoms with Crippen LogP contribution in [0.3, 0.4) is 0 Å². The number of anilines is 2. The zero-order valence-electron chi connectivity index (χ0n) is 17.4. The van der Waals surface area contributed by atoms with E-state index in [4.69, 9.17) is 23.2 Å². The first-order chi connectivity index (χ1) is 15.9. The normalized spacial score (nSPS) is 14.9. The van der Waals surface area contributed by atoms with Crippen LogP contribution in [0.2, 0.25) is 10.0 Å². The van der Waals surface area contributed by atoms with Gasteiger partial charge < -0.3 is 5.32 Å². The topological polar surface area (TPSA) is 88.9 Å². The first kappa shape index (κ1) is 24.1. The number of hydrogen-bond acceptors (Lipinski definition) is 5. The molecule has 34 heavy (non-hydrogen) atoms. The Morgan fingerprint density at radius 2 is 1.50 bits per heavy atom. The summed E-state index contributed by atoms with van der Waals surface area (Å²) in [7, 11) is -3.89. The van der Waals surface area contributed by atoms with Gasteiger partial charge in [-0.1, -0.05) is 65.7 Å². The molecule has 0 amide bonds. The van der Waals surface area contributed by atoms with Gasteiger partial charge in [-0.2, -0.15) is 4.98 Å². The first-order valence-electron chi connectivity index (χ1n) is 9.94. The predicted octanol–water partition coefficient (Wildman–Crippen LogP) is 5.86. The third-order valence-electron chi connectivity index (χ3n) is 5.11. The Kier molecular flexibility index (Phi) is 6.86. The molecule has 174 valence electrons. The molecule has 1 unspecified atom stereocenters. The Labute approximate surface area is 212 Å². The van der Waals surface area contributed by atoms with Crippen LogP contribution in [-0.4, -0.2) is 23.2 Å². The molecule has 1 atom stereocenters. The molecule has 2 N–H and O–H groups in total. The smallest absolute Gasteiger partial charge is 0.264 e. The lowest BCUT2D eigenvalue weighted by Gasteiger charge is -2.24. The van der Waals surface area contributed by atoms with Gasteiger partial charge in [0, 0.05) is 15.7 Å². The molecule has 0 radical (unpaired) electrons. The highest BCUT2D eigenvalue weighted by Gasteiger charge is 2.27. The minimum atomic E-state index is -3.89. The molecule has 0 spiro atoms. The molecule has 0 bridgehead atoms. The minimum Gasteiger partial charge on any atom is -0.324 e. The number of halogens is 3. The van der Waals surface area contributed by atoms with Crippen molar-refractivity contribution in [1.29, 1.82) is 0 Å². The van der Waals surface area contributed by atoms with Gasteiger partial charge in [0.2, 0.25) is 5.95 Å². The first-order valence-corrected chi connectivity index (χ1v) is 12.2. The number of fused-ring (bicyclic) bond motifs is 1. The molecule has 1 aliphatic rings. The molecule has 1 aliphatic heterocycles. The Balaban J connectivity index is 0.00000274. The van der Waals surface area contributed by atoms with Crippen LogP contribution in [0.4, 0.5) is 11.9 Å². The van der Waals surface area contributed by atoms with E-state index in [9.17, 15) is 8.42 Å². The van der Waals surface area contributed by atoms with E-state index < -0.39 is 10.0 Å². The van der Waals surface area contributed by atoms with Crippen LogP contribution in [-0.2, 0) is 10.0 Å². The van der Waals surface area contributed by atoms with E-state index in [1.807, 2.05) is 48.5 Å². The minimum absolute atomic E-state index is 0. The summed E-state index contributed by atoms with van der Waals surface area (Å²) in [5.41, 5.74) is 2.73. The van der Waals surface area contributed by atoms with Crippen molar-refractivity contribution < 1.29 is 8.42 Å². The van der Waals surface area contributed by atoms with Gasteiger partial charge >= 0.3 is 0 Å². The quantitative estimate of drug-likeness (QED) is 0.335. The molecule has 4 aromatic rings. The summed E-state index contributed by atoms with van der Waals surface area (Å²) >= 11 is 11.9. The van der Waals surface area contributed by atoms with Gasteiger partial charge in [-0.25, -0.2) is 17.8 Å². The lowest BCUT2D eigenvalue weighted by atomic mass is 10.0. The molecule has 11 heteroatoms. The zero-order valence-corrected chi connectivity index (χ0v) is 20.5. The number of nitrogens with one attached hydrogen (secondary N) is 2. The average Bonchev–Trinajstić information content (AvgIpc) is 3.21. The van der Waals surface area contributed by atoms with Crippen LogP contribution < -0.4 is 10.0 Å². The van der Waals surface area contributed by atoms with E-state index in [-0.39, 0.29) is 29.3 Å². The lowest BCUT2D eigenvalue weighted by molar-refractivity contribution is 0.598. The zero-order chi connectivity index (χ0) is 23.0. The third-order valence-corrected chi connectivity index (χ3v) is 6.96. The van der Waals surface area contributed by atoms with Gasteiger partial charge in [0.05, 0.1) is 4.90 Å². The number of nitrogens with zero attached hydrogens (tertiary/aromatic N) is 3. The van der Waals surface area contributed by atoms with E-state index in [2.05, 4.69) is 20.1 Å². The summed E-state index contributed by atoms with van der Waals surface area (Å²) < 4.78 is 29.7. The number of hydrogen-bond donors (Lipinski definition) is 2. The lowest BCUT2D eigenvalue weighted by Crippen LogP contribution is -2.20. The van der Waals surface area contributed by atoms with Crippen molar-refractivity contribution in [2.24, 2.45) is 0 Å². The molecule has 0 aliphatic carbocycles. The second-order valence-corrected chi connectivity index (χ2v) is 9.89. The van der Waals surface area contributed by atoms with Gasteiger partial charge in [-0.3, -0.25) is 0 Å². The van der Waals surface area contributed by atoms with Crippen LogP contribution in [0.25, 0.3) is 5.70 Å². The van der Waals surface area contributed by atoms with Crippen LogP contribution in [0, 0.1) is 0 Å². The summed E-state index contributed by atoms with van der Waals surface area (Å²) in [5.74, 6) is 0.360. The molecule has 1 aromatic heterocycles. The monoisotopic (exact) mass is 533 g/mol. The van der Waals surface area contributed by atoms with Crippen molar-refractivity contribution >= 4 is 63.2 Å². The summed E-state index contributed by atoms with van der Waals surface area (Å²) in [5, 5.41) is 8.75. The maximum Gasteiger partial charge on any atom is 0.264 e. The highest BCUT2D eigenvalue weighted by atomic mass is 35.5. The third kappa shape index (κ3) is 4.90. The molecule has 0 fully saturated rings. The van der Waals surface area contributed by atoms with E-state index in [1.54, 1.807) is 16.8 Å². The van der Waals surface area contributed by atoms with Crippen molar-refractivity contribution in [3.05, 3.63) is 106 Å². The summed E-state index contributed by atoms with van der Waals surface area (Å²) in [4.78, 5) is 4.47. The molecular weight excluding hydrogens is 517 g/mol. The van der Waals surface area contributed by atoms with E-state index in [0.29, 0.717) is 16.0 Å². The maximum absolute atomic E-state index is 12.8. The fourth-order valence-electron chi connectivity index (χ4n) is 3.51. The largest absolute Gasteiger partial charge is 0.324 e. The summed E-state index contributed by atoms with van der Waals surface area (Å²) in [6.45, 7) is 0. The fourth-order valence-corrected chi connectivity index (χ4v) is 4.70. The number of aromatic nitrogens is 3. The molecule has 2 heterocycles. The number of sulfonamides is 1. The predicted molar refractivity (Wildman–Crippen MR) is 137 cm³/mol. The molecule has 0 saturated heterocycles. The Morgan fingerprint density at radius 1 is 0.882 bits per heavy atom. The summed E-state index contributed by atoms with van der Waals surface area (Å²) in [6, 6.07) is 22.7. The van der Waals surface area contributed by atoms with Crippen molar-refractivity contribution in [3.8, 4) is 0 Å². The van der Waals surface area contributed by atoms with E-state index >= 15 is 0 Å². The SMILES string of the molecule is Cl.O=S(=O)(Nc1nc2n(n1)C(c1ccc(Cl)cc1)C=C(c1ccccc1)N2)c1ccc(Cl)cc1. The number of rotatable bonds is 5. The van der Waals surface area contributed by atoms with Crippen molar-refractivity contribution in [2.45, 2.75) is 10.9 Å². The van der Waals surface area contributed by atoms with Gasteiger partial charge in [-0.05, 0) is 53.6 Å². The second kappa shape index (κ2) is 9.68. The maximum atomic E-state index is 12.8. The Morgan fingerprint density at radius 3 is 2.15 bits per heavy atom. The highest BCUT2D eigenvalue weighted by molar-refractivity contribution is 7.92.